The lowest BCUT2D eigenvalue weighted by Gasteiger charge is -2.41. The molecule has 0 amide bonds. The molecule has 116 valence electrons. The summed E-state index contributed by atoms with van der Waals surface area (Å²) >= 11 is 0. The number of rotatable bonds is 3. The highest BCUT2D eigenvalue weighted by Gasteiger charge is 2.26. The van der Waals surface area contributed by atoms with Gasteiger partial charge in [0.1, 0.15) is 5.82 Å². The van der Waals surface area contributed by atoms with Crippen molar-refractivity contribution < 1.29 is 4.39 Å². The van der Waals surface area contributed by atoms with Gasteiger partial charge in [0.15, 0.2) is 0 Å². The molecule has 2 aliphatic rings. The fourth-order valence-electron chi connectivity index (χ4n) is 3.74. The Labute approximate surface area is 127 Å². The van der Waals surface area contributed by atoms with Gasteiger partial charge in [-0.05, 0) is 49.3 Å². The Morgan fingerprint density at radius 2 is 1.57 bits per heavy atom. The van der Waals surface area contributed by atoms with E-state index in [0.29, 0.717) is 0 Å². The van der Waals surface area contributed by atoms with Gasteiger partial charge in [0.05, 0.1) is 0 Å². The number of nitrogens with zero attached hydrogens (tertiary/aromatic N) is 2. The van der Waals surface area contributed by atoms with Crippen molar-refractivity contribution in [3.8, 4) is 0 Å². The Morgan fingerprint density at radius 1 is 0.952 bits per heavy atom. The minimum Gasteiger partial charge on any atom is -0.298 e. The fraction of sp³-hybridized carbons (Fsp3) is 0.667. The van der Waals surface area contributed by atoms with Gasteiger partial charge in [0.25, 0.3) is 0 Å². The summed E-state index contributed by atoms with van der Waals surface area (Å²) in [6, 6.07) is 7.77. The molecule has 2 nitrogen and oxygen atoms in total. The van der Waals surface area contributed by atoms with Gasteiger partial charge < -0.3 is 0 Å². The minimum absolute atomic E-state index is 0.143. The third-order valence-corrected chi connectivity index (χ3v) is 5.23. The molecule has 0 aromatic heterocycles. The van der Waals surface area contributed by atoms with Crippen molar-refractivity contribution in [3.05, 3.63) is 35.6 Å². The van der Waals surface area contributed by atoms with Gasteiger partial charge in [0, 0.05) is 38.8 Å². The third-order valence-electron chi connectivity index (χ3n) is 5.23. The minimum atomic E-state index is -0.143. The number of hydrogen-bond acceptors (Lipinski definition) is 2. The summed E-state index contributed by atoms with van der Waals surface area (Å²) in [5, 5.41) is 0. The van der Waals surface area contributed by atoms with Crippen LogP contribution < -0.4 is 0 Å². The smallest absolute Gasteiger partial charge is 0.123 e. The van der Waals surface area contributed by atoms with Crippen molar-refractivity contribution in [2.75, 3.05) is 26.2 Å². The van der Waals surface area contributed by atoms with Crippen LogP contribution in [-0.2, 0) is 6.54 Å². The summed E-state index contributed by atoms with van der Waals surface area (Å²) in [5.74, 6) is 0.788. The largest absolute Gasteiger partial charge is 0.298 e. The molecule has 21 heavy (non-hydrogen) atoms. The summed E-state index contributed by atoms with van der Waals surface area (Å²) in [6.45, 7) is 8.01. The second-order valence-corrected chi connectivity index (χ2v) is 6.85. The second kappa shape index (κ2) is 6.89. The highest BCUT2D eigenvalue weighted by atomic mass is 19.1. The van der Waals surface area contributed by atoms with E-state index >= 15 is 0 Å². The summed E-state index contributed by atoms with van der Waals surface area (Å²) in [6.07, 6.45) is 5.58. The van der Waals surface area contributed by atoms with Crippen molar-refractivity contribution in [3.63, 3.8) is 0 Å². The third kappa shape index (κ3) is 4.04. The molecule has 3 rings (SSSR count). The Balaban J connectivity index is 1.45. The molecule has 1 heterocycles. The molecule has 1 aliphatic heterocycles. The number of hydrogen-bond donors (Lipinski definition) is 0. The maximum atomic E-state index is 12.9. The first kappa shape index (κ1) is 15.0. The van der Waals surface area contributed by atoms with E-state index in [9.17, 15) is 4.39 Å². The predicted octanol–water partition coefficient (Wildman–Crippen LogP) is 3.52. The average Bonchev–Trinajstić information content (AvgIpc) is 2.51. The molecular formula is C18H27FN2. The first-order valence-electron chi connectivity index (χ1n) is 8.41. The summed E-state index contributed by atoms with van der Waals surface area (Å²) in [4.78, 5) is 5.20. The van der Waals surface area contributed by atoms with Gasteiger partial charge in [-0.25, -0.2) is 4.39 Å². The first-order valence-corrected chi connectivity index (χ1v) is 8.41. The molecule has 0 bridgehead atoms. The van der Waals surface area contributed by atoms with Crippen LogP contribution in [0.2, 0.25) is 0 Å². The van der Waals surface area contributed by atoms with Crippen LogP contribution in [0.1, 0.15) is 38.2 Å². The molecule has 0 spiro atoms. The van der Waals surface area contributed by atoms with Crippen LogP contribution in [0.4, 0.5) is 4.39 Å². The summed E-state index contributed by atoms with van der Waals surface area (Å²) in [7, 11) is 0. The number of piperazine rings is 1. The Hall–Kier alpha value is -0.930. The molecule has 0 unspecified atom stereocenters. The summed E-state index contributed by atoms with van der Waals surface area (Å²) < 4.78 is 12.9. The van der Waals surface area contributed by atoms with Crippen molar-refractivity contribution >= 4 is 0 Å². The highest BCUT2D eigenvalue weighted by molar-refractivity contribution is 5.16. The van der Waals surface area contributed by atoms with Crippen molar-refractivity contribution in [1.82, 2.24) is 9.80 Å². The lowest BCUT2D eigenvalue weighted by Crippen LogP contribution is -2.50. The van der Waals surface area contributed by atoms with Crippen molar-refractivity contribution in [1.29, 1.82) is 0 Å². The topological polar surface area (TPSA) is 6.48 Å². The molecule has 1 saturated carbocycles. The number of halogens is 1. The SMILES string of the molecule is CC1CCC(N2CCN(Cc3ccc(F)cc3)CC2)CC1. The Kier molecular flexibility index (Phi) is 4.91. The van der Waals surface area contributed by atoms with E-state index in [-0.39, 0.29) is 5.82 Å². The quantitative estimate of drug-likeness (QED) is 0.840. The van der Waals surface area contributed by atoms with Crippen LogP contribution in [0, 0.1) is 11.7 Å². The van der Waals surface area contributed by atoms with Gasteiger partial charge in [-0.15, -0.1) is 0 Å². The van der Waals surface area contributed by atoms with Gasteiger partial charge in [-0.2, -0.15) is 0 Å². The zero-order valence-electron chi connectivity index (χ0n) is 13.1. The average molecular weight is 290 g/mol. The van der Waals surface area contributed by atoms with Crippen LogP contribution in [-0.4, -0.2) is 42.0 Å². The maximum Gasteiger partial charge on any atom is 0.123 e. The van der Waals surface area contributed by atoms with Crippen molar-refractivity contribution in [2.45, 2.75) is 45.2 Å². The molecule has 1 aromatic rings. The predicted molar refractivity (Wildman–Crippen MR) is 84.7 cm³/mol. The number of benzene rings is 1. The van der Waals surface area contributed by atoms with Gasteiger partial charge in [0.2, 0.25) is 0 Å². The van der Waals surface area contributed by atoms with E-state index in [4.69, 9.17) is 0 Å². The van der Waals surface area contributed by atoms with Crippen LogP contribution in [0.5, 0.6) is 0 Å². The normalized spacial score (nSPS) is 28.7. The van der Waals surface area contributed by atoms with Crippen LogP contribution in [0.25, 0.3) is 0 Å². The first-order chi connectivity index (χ1) is 10.2. The Morgan fingerprint density at radius 3 is 2.19 bits per heavy atom. The molecule has 2 fully saturated rings. The lowest BCUT2D eigenvalue weighted by atomic mass is 9.86. The molecule has 1 aliphatic carbocycles. The molecule has 1 aromatic carbocycles. The molecule has 0 radical (unpaired) electrons. The highest BCUT2D eigenvalue weighted by Crippen LogP contribution is 2.27. The molecular weight excluding hydrogens is 263 g/mol. The van der Waals surface area contributed by atoms with E-state index < -0.39 is 0 Å². The van der Waals surface area contributed by atoms with Crippen LogP contribution in [0.3, 0.4) is 0 Å². The van der Waals surface area contributed by atoms with Crippen LogP contribution in [0.15, 0.2) is 24.3 Å². The van der Waals surface area contributed by atoms with E-state index in [1.807, 2.05) is 12.1 Å². The standard InChI is InChI=1S/C18H27FN2/c1-15-2-8-18(9-3-15)21-12-10-20(11-13-21)14-16-4-6-17(19)7-5-16/h4-7,15,18H,2-3,8-14H2,1H3. The second-order valence-electron chi connectivity index (χ2n) is 6.85. The molecule has 0 atom stereocenters. The van der Waals surface area contributed by atoms with Crippen molar-refractivity contribution in [2.24, 2.45) is 5.92 Å². The van der Waals surface area contributed by atoms with E-state index in [1.165, 1.54) is 44.3 Å². The fourth-order valence-corrected chi connectivity index (χ4v) is 3.74. The van der Waals surface area contributed by atoms with Gasteiger partial charge >= 0.3 is 0 Å². The monoisotopic (exact) mass is 290 g/mol. The summed E-state index contributed by atoms with van der Waals surface area (Å²) in [5.41, 5.74) is 1.22. The zero-order chi connectivity index (χ0) is 14.7. The van der Waals surface area contributed by atoms with Crippen LogP contribution >= 0.6 is 0 Å². The molecule has 1 saturated heterocycles. The Bertz CT molecular complexity index is 429. The van der Waals surface area contributed by atoms with E-state index in [2.05, 4.69) is 16.7 Å². The maximum absolute atomic E-state index is 12.9. The molecule has 3 heteroatoms. The van der Waals surface area contributed by atoms with E-state index in [0.717, 1.165) is 31.6 Å². The van der Waals surface area contributed by atoms with E-state index in [1.54, 1.807) is 12.1 Å². The molecule has 0 N–H and O–H groups in total. The zero-order valence-corrected chi connectivity index (χ0v) is 13.1. The van der Waals surface area contributed by atoms with Gasteiger partial charge in [-0.3, -0.25) is 9.80 Å². The lowest BCUT2D eigenvalue weighted by molar-refractivity contribution is 0.0689. The van der Waals surface area contributed by atoms with Gasteiger partial charge in [-0.1, -0.05) is 19.1 Å².